The Morgan fingerprint density at radius 2 is 2.22 bits per heavy atom. The zero-order chi connectivity index (χ0) is 16.4. The molecule has 0 radical (unpaired) electrons. The quantitative estimate of drug-likeness (QED) is 0.928. The van der Waals surface area contributed by atoms with Crippen molar-refractivity contribution >= 4 is 5.91 Å². The molecule has 1 aromatic heterocycles. The minimum atomic E-state index is -0.553. The molecule has 0 fully saturated rings. The Hall–Kier alpha value is -2.28. The van der Waals surface area contributed by atoms with Crippen LogP contribution in [-0.4, -0.2) is 32.9 Å². The Labute approximate surface area is 132 Å². The molecule has 0 unspecified atom stereocenters. The molecule has 5 nitrogen and oxygen atoms in total. The maximum atomic E-state index is 13.6. The second-order valence-corrected chi connectivity index (χ2v) is 5.77. The van der Waals surface area contributed by atoms with Gasteiger partial charge in [0.15, 0.2) is 0 Å². The summed E-state index contributed by atoms with van der Waals surface area (Å²) in [6.07, 6.45) is 4.46. The smallest absolute Gasteiger partial charge is 0.225 e. The minimum Gasteiger partial charge on any atom is -0.327 e. The van der Waals surface area contributed by atoms with Crippen LogP contribution in [0.5, 0.6) is 0 Å². The molecule has 122 valence electrons. The first-order valence-corrected chi connectivity index (χ1v) is 7.50. The number of hydrogen-bond acceptors (Lipinski definition) is 3. The van der Waals surface area contributed by atoms with E-state index in [1.165, 1.54) is 0 Å². The van der Waals surface area contributed by atoms with Gasteiger partial charge in [0, 0.05) is 37.8 Å². The average molecular weight is 320 g/mol. The second-order valence-electron chi connectivity index (χ2n) is 5.77. The molecule has 1 atom stereocenters. The monoisotopic (exact) mass is 320 g/mol. The zero-order valence-electron chi connectivity index (χ0n) is 12.6. The number of carbonyl (C=O) groups is 1. The summed E-state index contributed by atoms with van der Waals surface area (Å²) >= 11 is 0. The van der Waals surface area contributed by atoms with Crippen LogP contribution in [0, 0.1) is 11.6 Å². The van der Waals surface area contributed by atoms with Crippen LogP contribution >= 0.6 is 0 Å². The average Bonchev–Trinajstić information content (AvgIpc) is 2.98. The Morgan fingerprint density at radius 1 is 1.39 bits per heavy atom. The highest BCUT2D eigenvalue weighted by atomic mass is 19.1. The summed E-state index contributed by atoms with van der Waals surface area (Å²) in [7, 11) is 0. The van der Waals surface area contributed by atoms with Crippen LogP contribution in [0.4, 0.5) is 8.78 Å². The number of hydrogen-bond donors (Lipinski definition) is 1. The van der Waals surface area contributed by atoms with Crippen molar-refractivity contribution in [1.82, 2.24) is 14.5 Å². The first-order valence-electron chi connectivity index (χ1n) is 7.50. The van der Waals surface area contributed by atoms with E-state index in [2.05, 4.69) is 4.98 Å². The fourth-order valence-corrected chi connectivity index (χ4v) is 2.80. The number of carbonyl (C=O) groups excluding carboxylic acids is 1. The first kappa shape index (κ1) is 15.6. The summed E-state index contributed by atoms with van der Waals surface area (Å²) in [4.78, 5) is 18.2. The molecule has 23 heavy (non-hydrogen) atoms. The van der Waals surface area contributed by atoms with E-state index in [1.54, 1.807) is 11.1 Å². The van der Waals surface area contributed by atoms with Gasteiger partial charge in [0.25, 0.3) is 0 Å². The molecule has 3 rings (SSSR count). The Bertz CT molecular complexity index is 716. The summed E-state index contributed by atoms with van der Waals surface area (Å²) in [5.41, 5.74) is 6.15. The van der Waals surface area contributed by atoms with Crippen LogP contribution in [-0.2, 0) is 24.3 Å². The summed E-state index contributed by atoms with van der Waals surface area (Å²) in [5, 5.41) is 0. The number of benzene rings is 1. The fraction of sp³-hybridized carbons (Fsp3) is 0.375. The highest BCUT2D eigenvalue weighted by Crippen LogP contribution is 2.15. The van der Waals surface area contributed by atoms with E-state index < -0.39 is 17.7 Å². The lowest BCUT2D eigenvalue weighted by Crippen LogP contribution is -2.41. The third-order valence-corrected chi connectivity index (χ3v) is 4.01. The van der Waals surface area contributed by atoms with Gasteiger partial charge in [0.1, 0.15) is 17.5 Å². The SMILES string of the molecule is N[C@@H](CC(=O)N1CCc2nccn2C1)Cc1cc(F)ccc1F. The number of imidazole rings is 1. The van der Waals surface area contributed by atoms with Crippen LogP contribution < -0.4 is 5.73 Å². The third kappa shape index (κ3) is 3.56. The van der Waals surface area contributed by atoms with E-state index in [9.17, 15) is 13.6 Å². The Morgan fingerprint density at radius 3 is 3.04 bits per heavy atom. The number of nitrogens with zero attached hydrogens (tertiary/aromatic N) is 3. The molecule has 1 aromatic carbocycles. The van der Waals surface area contributed by atoms with Crippen molar-refractivity contribution < 1.29 is 13.6 Å². The van der Waals surface area contributed by atoms with Gasteiger partial charge in [-0.2, -0.15) is 0 Å². The standard InChI is InChI=1S/C16H18F2N4O/c17-12-1-2-14(18)11(7-12)8-13(19)9-16(23)22-5-3-15-20-4-6-21(15)10-22/h1-2,4,6-7,13H,3,5,8-10,19H2/t13-/m1/s1. The number of fused-ring (bicyclic) bond motifs is 1. The van der Waals surface area contributed by atoms with Gasteiger partial charge >= 0.3 is 0 Å². The van der Waals surface area contributed by atoms with Gasteiger partial charge in [-0.3, -0.25) is 4.79 Å². The van der Waals surface area contributed by atoms with Crippen molar-refractivity contribution in [3.8, 4) is 0 Å². The summed E-state index contributed by atoms with van der Waals surface area (Å²) in [6.45, 7) is 1.05. The number of amides is 1. The van der Waals surface area contributed by atoms with Crippen LogP contribution in [0.1, 0.15) is 17.8 Å². The summed E-state index contributed by atoms with van der Waals surface area (Å²) < 4.78 is 28.7. The molecule has 0 aliphatic carbocycles. The molecule has 0 saturated heterocycles. The van der Waals surface area contributed by atoms with Gasteiger partial charge in [-0.05, 0) is 30.2 Å². The van der Waals surface area contributed by atoms with Crippen molar-refractivity contribution in [3.63, 3.8) is 0 Å². The maximum Gasteiger partial charge on any atom is 0.225 e. The minimum absolute atomic E-state index is 0.0892. The van der Waals surface area contributed by atoms with Crippen LogP contribution in [0.2, 0.25) is 0 Å². The summed E-state index contributed by atoms with van der Waals surface area (Å²) in [5.74, 6) is -0.146. The highest BCUT2D eigenvalue weighted by Gasteiger charge is 2.22. The van der Waals surface area contributed by atoms with Gasteiger partial charge in [0.2, 0.25) is 5.91 Å². The lowest BCUT2D eigenvalue weighted by atomic mass is 10.0. The number of nitrogens with two attached hydrogens (primary N) is 1. The fourth-order valence-electron chi connectivity index (χ4n) is 2.80. The number of halogens is 2. The van der Waals surface area contributed by atoms with Crippen LogP contribution in [0.3, 0.4) is 0 Å². The van der Waals surface area contributed by atoms with E-state index in [0.717, 1.165) is 24.0 Å². The Balaban J connectivity index is 1.58. The van der Waals surface area contributed by atoms with Crippen molar-refractivity contribution in [2.45, 2.75) is 32.0 Å². The molecular formula is C16H18F2N4O. The van der Waals surface area contributed by atoms with Gasteiger partial charge in [-0.25, -0.2) is 13.8 Å². The van der Waals surface area contributed by atoms with Crippen molar-refractivity contribution in [1.29, 1.82) is 0 Å². The van der Waals surface area contributed by atoms with Crippen molar-refractivity contribution in [2.75, 3.05) is 6.54 Å². The van der Waals surface area contributed by atoms with E-state index in [0.29, 0.717) is 19.6 Å². The van der Waals surface area contributed by atoms with Crippen molar-refractivity contribution in [3.05, 3.63) is 53.6 Å². The maximum absolute atomic E-state index is 13.6. The molecular weight excluding hydrogens is 302 g/mol. The Kier molecular flexibility index (Phi) is 4.38. The van der Waals surface area contributed by atoms with Gasteiger partial charge in [-0.1, -0.05) is 0 Å². The summed E-state index contributed by atoms with van der Waals surface area (Å²) in [6, 6.07) is 2.71. The predicted octanol–water partition coefficient (Wildman–Crippen LogP) is 1.46. The van der Waals surface area contributed by atoms with Crippen LogP contribution in [0.25, 0.3) is 0 Å². The molecule has 7 heteroatoms. The zero-order valence-corrected chi connectivity index (χ0v) is 12.6. The molecule has 2 N–H and O–H groups in total. The van der Waals surface area contributed by atoms with E-state index >= 15 is 0 Å². The number of rotatable bonds is 4. The first-order chi connectivity index (χ1) is 11.0. The van der Waals surface area contributed by atoms with Gasteiger partial charge < -0.3 is 15.2 Å². The number of aromatic nitrogens is 2. The molecule has 1 aliphatic rings. The molecule has 2 heterocycles. The molecule has 0 bridgehead atoms. The molecule has 1 amide bonds. The highest BCUT2D eigenvalue weighted by molar-refractivity contribution is 5.76. The lowest BCUT2D eigenvalue weighted by molar-refractivity contribution is -0.133. The van der Waals surface area contributed by atoms with Gasteiger partial charge in [0.05, 0.1) is 6.67 Å². The molecule has 0 spiro atoms. The third-order valence-electron chi connectivity index (χ3n) is 4.01. The van der Waals surface area contributed by atoms with Gasteiger partial charge in [-0.15, -0.1) is 0 Å². The van der Waals surface area contributed by atoms with Crippen LogP contribution in [0.15, 0.2) is 30.6 Å². The van der Waals surface area contributed by atoms with E-state index in [-0.39, 0.29) is 24.3 Å². The normalized spacial score (nSPS) is 15.3. The molecule has 2 aromatic rings. The molecule has 0 saturated carbocycles. The van der Waals surface area contributed by atoms with Crippen molar-refractivity contribution in [2.24, 2.45) is 5.73 Å². The largest absolute Gasteiger partial charge is 0.327 e. The van der Waals surface area contributed by atoms with E-state index in [4.69, 9.17) is 5.73 Å². The topological polar surface area (TPSA) is 64.2 Å². The van der Waals surface area contributed by atoms with E-state index in [1.807, 2.05) is 10.8 Å². The predicted molar refractivity (Wildman–Crippen MR) is 80.3 cm³/mol. The molecule has 1 aliphatic heterocycles. The second kappa shape index (κ2) is 6.45. The lowest BCUT2D eigenvalue weighted by Gasteiger charge is -2.29.